The number of nitrogen functional groups attached to an aromatic ring is 1. The highest BCUT2D eigenvalue weighted by molar-refractivity contribution is 6.05. The zero-order valence-corrected chi connectivity index (χ0v) is 10.0. The lowest BCUT2D eigenvalue weighted by Crippen LogP contribution is -2.07. The number of ketones is 1. The molecule has 2 aliphatic carbocycles. The number of hydrogen-bond acceptors (Lipinski definition) is 2. The Labute approximate surface area is 105 Å². The molecule has 0 atom stereocenters. The molecule has 18 heavy (non-hydrogen) atoms. The van der Waals surface area contributed by atoms with Crippen LogP contribution in [0, 0.1) is 5.82 Å². The van der Waals surface area contributed by atoms with Gasteiger partial charge in [-0.2, -0.15) is 0 Å². The van der Waals surface area contributed by atoms with Gasteiger partial charge in [-0.3, -0.25) is 4.79 Å². The van der Waals surface area contributed by atoms with Gasteiger partial charge < -0.3 is 5.73 Å². The first-order valence-corrected chi connectivity index (χ1v) is 6.18. The summed E-state index contributed by atoms with van der Waals surface area (Å²) in [4.78, 5) is 11.8. The van der Waals surface area contributed by atoms with E-state index in [1.807, 2.05) is 12.1 Å². The van der Waals surface area contributed by atoms with E-state index in [9.17, 15) is 9.18 Å². The van der Waals surface area contributed by atoms with Gasteiger partial charge in [0.25, 0.3) is 0 Å². The van der Waals surface area contributed by atoms with Gasteiger partial charge in [-0.15, -0.1) is 0 Å². The van der Waals surface area contributed by atoms with Crippen LogP contribution in [0.5, 0.6) is 0 Å². The van der Waals surface area contributed by atoms with Crippen LogP contribution in [0.3, 0.4) is 0 Å². The molecule has 92 valence electrons. The Bertz CT molecular complexity index is 599. The van der Waals surface area contributed by atoms with Crippen molar-refractivity contribution in [2.75, 3.05) is 5.73 Å². The van der Waals surface area contributed by atoms with Crippen molar-refractivity contribution in [2.24, 2.45) is 0 Å². The van der Waals surface area contributed by atoms with Crippen molar-refractivity contribution >= 4 is 17.0 Å². The fourth-order valence-corrected chi connectivity index (χ4v) is 2.78. The summed E-state index contributed by atoms with van der Waals surface area (Å²) in [5.74, 6) is -0.174. The number of benzene rings is 1. The van der Waals surface area contributed by atoms with Crippen molar-refractivity contribution in [2.45, 2.75) is 25.7 Å². The first-order chi connectivity index (χ1) is 8.66. The van der Waals surface area contributed by atoms with Crippen LogP contribution in [0.15, 0.2) is 35.4 Å². The van der Waals surface area contributed by atoms with E-state index in [-0.39, 0.29) is 11.5 Å². The highest BCUT2D eigenvalue weighted by atomic mass is 19.1. The van der Waals surface area contributed by atoms with Crippen molar-refractivity contribution in [3.63, 3.8) is 0 Å². The van der Waals surface area contributed by atoms with Crippen molar-refractivity contribution in [3.05, 3.63) is 46.8 Å². The van der Waals surface area contributed by atoms with Crippen molar-refractivity contribution in [1.82, 2.24) is 0 Å². The van der Waals surface area contributed by atoms with Crippen LogP contribution in [0.25, 0.3) is 5.57 Å². The highest BCUT2D eigenvalue weighted by Gasteiger charge is 2.26. The third kappa shape index (κ3) is 1.67. The van der Waals surface area contributed by atoms with E-state index >= 15 is 0 Å². The minimum absolute atomic E-state index is 0.159. The Morgan fingerprint density at radius 2 is 1.94 bits per heavy atom. The lowest BCUT2D eigenvalue weighted by atomic mass is 9.87. The zero-order chi connectivity index (χ0) is 12.7. The summed E-state index contributed by atoms with van der Waals surface area (Å²) < 4.78 is 13.5. The Kier molecular flexibility index (Phi) is 2.54. The Morgan fingerprint density at radius 1 is 1.17 bits per heavy atom. The number of allylic oxidation sites excluding steroid dienone is 4. The summed E-state index contributed by atoms with van der Waals surface area (Å²) >= 11 is 0. The second-order valence-corrected chi connectivity index (χ2v) is 4.79. The quantitative estimate of drug-likeness (QED) is 0.769. The Hall–Kier alpha value is -1.90. The summed E-state index contributed by atoms with van der Waals surface area (Å²) in [6, 6.07) is 4.86. The lowest BCUT2D eigenvalue weighted by Gasteiger charge is -2.16. The summed E-state index contributed by atoms with van der Waals surface area (Å²) in [5.41, 5.74) is 9.54. The smallest absolute Gasteiger partial charge is 0.162 e. The lowest BCUT2D eigenvalue weighted by molar-refractivity contribution is -0.115. The van der Waals surface area contributed by atoms with Gasteiger partial charge in [0.1, 0.15) is 5.82 Å². The van der Waals surface area contributed by atoms with Crippen molar-refractivity contribution in [1.29, 1.82) is 0 Å². The van der Waals surface area contributed by atoms with E-state index in [1.165, 1.54) is 6.07 Å². The molecule has 2 nitrogen and oxygen atoms in total. The summed E-state index contributed by atoms with van der Waals surface area (Å²) in [5, 5.41) is 0. The third-order valence-corrected chi connectivity index (χ3v) is 3.68. The number of Topliss-reactive ketones (excluding diaryl/α,β-unsaturated/α-hetero) is 1. The number of anilines is 1. The maximum atomic E-state index is 13.5. The molecule has 0 bridgehead atoms. The standard InChI is InChI=1S/C15H14FNO/c16-13-8-9(4-6-14(13)17)10-5-7-15(18)12-3-1-2-11(10)12/h4-6,8H,1-3,7,17H2. The number of carbonyl (C=O) groups is 1. The molecule has 0 heterocycles. The molecule has 0 aliphatic heterocycles. The third-order valence-electron chi connectivity index (χ3n) is 3.68. The van der Waals surface area contributed by atoms with Crippen LogP contribution < -0.4 is 5.73 Å². The SMILES string of the molecule is Nc1ccc(C2=CCC(=O)C3=C2CCC3)cc1F. The molecule has 2 N–H and O–H groups in total. The fraction of sp³-hybridized carbons (Fsp3) is 0.267. The second kappa shape index (κ2) is 4.09. The largest absolute Gasteiger partial charge is 0.396 e. The van der Waals surface area contributed by atoms with Gasteiger partial charge in [-0.05, 0) is 53.7 Å². The predicted molar refractivity (Wildman–Crippen MR) is 69.3 cm³/mol. The molecule has 0 amide bonds. The molecule has 0 saturated carbocycles. The molecule has 1 aromatic carbocycles. The molecule has 3 heteroatoms. The summed E-state index contributed by atoms with van der Waals surface area (Å²) in [7, 11) is 0. The number of nitrogens with two attached hydrogens (primary N) is 1. The molecule has 3 rings (SSSR count). The van der Waals surface area contributed by atoms with E-state index in [1.54, 1.807) is 6.07 Å². The molecule has 0 aromatic heterocycles. The average molecular weight is 243 g/mol. The molecular weight excluding hydrogens is 229 g/mol. The van der Waals surface area contributed by atoms with E-state index in [4.69, 9.17) is 5.73 Å². The van der Waals surface area contributed by atoms with Crippen LogP contribution in [-0.2, 0) is 4.79 Å². The van der Waals surface area contributed by atoms with Gasteiger partial charge in [0, 0.05) is 6.42 Å². The van der Waals surface area contributed by atoms with Crippen LogP contribution in [-0.4, -0.2) is 5.78 Å². The number of carbonyl (C=O) groups excluding carboxylic acids is 1. The van der Waals surface area contributed by atoms with Crippen LogP contribution in [0.2, 0.25) is 0 Å². The monoisotopic (exact) mass is 243 g/mol. The van der Waals surface area contributed by atoms with E-state index < -0.39 is 5.82 Å². The normalized spacial score (nSPS) is 18.9. The highest BCUT2D eigenvalue weighted by Crippen LogP contribution is 2.40. The van der Waals surface area contributed by atoms with E-state index in [0.29, 0.717) is 6.42 Å². The molecule has 2 aliphatic rings. The van der Waals surface area contributed by atoms with Gasteiger partial charge >= 0.3 is 0 Å². The summed E-state index contributed by atoms with van der Waals surface area (Å²) in [6.07, 6.45) is 5.14. The van der Waals surface area contributed by atoms with Crippen LogP contribution >= 0.6 is 0 Å². The molecule has 0 fully saturated rings. The van der Waals surface area contributed by atoms with E-state index in [0.717, 1.165) is 41.5 Å². The van der Waals surface area contributed by atoms with Crippen molar-refractivity contribution in [3.8, 4) is 0 Å². The Balaban J connectivity index is 2.07. The summed E-state index contributed by atoms with van der Waals surface area (Å²) in [6.45, 7) is 0. The molecular formula is C15H14FNO. The second-order valence-electron chi connectivity index (χ2n) is 4.79. The van der Waals surface area contributed by atoms with Gasteiger partial charge in [-0.1, -0.05) is 12.1 Å². The van der Waals surface area contributed by atoms with Crippen molar-refractivity contribution < 1.29 is 9.18 Å². The number of rotatable bonds is 1. The molecule has 0 saturated heterocycles. The number of halogens is 1. The molecule has 0 unspecified atom stereocenters. The maximum absolute atomic E-state index is 13.5. The van der Waals surface area contributed by atoms with Gasteiger partial charge in [0.2, 0.25) is 0 Å². The minimum atomic E-state index is -0.398. The van der Waals surface area contributed by atoms with Gasteiger partial charge in [0.05, 0.1) is 5.69 Å². The van der Waals surface area contributed by atoms with Gasteiger partial charge in [-0.25, -0.2) is 4.39 Å². The predicted octanol–water partition coefficient (Wildman–Crippen LogP) is 3.24. The minimum Gasteiger partial charge on any atom is -0.396 e. The topological polar surface area (TPSA) is 43.1 Å². The van der Waals surface area contributed by atoms with Gasteiger partial charge in [0.15, 0.2) is 5.78 Å². The molecule has 1 aromatic rings. The van der Waals surface area contributed by atoms with Crippen LogP contribution in [0.4, 0.5) is 10.1 Å². The zero-order valence-electron chi connectivity index (χ0n) is 10.0. The number of hydrogen-bond donors (Lipinski definition) is 1. The molecule has 0 spiro atoms. The Morgan fingerprint density at radius 3 is 2.72 bits per heavy atom. The molecule has 0 radical (unpaired) electrons. The van der Waals surface area contributed by atoms with Crippen LogP contribution in [0.1, 0.15) is 31.2 Å². The first kappa shape index (κ1) is 11.2. The first-order valence-electron chi connectivity index (χ1n) is 6.18. The maximum Gasteiger partial charge on any atom is 0.162 e. The fourth-order valence-electron chi connectivity index (χ4n) is 2.78. The van der Waals surface area contributed by atoms with E-state index in [2.05, 4.69) is 0 Å². The average Bonchev–Trinajstić information content (AvgIpc) is 2.83.